The van der Waals surface area contributed by atoms with Gasteiger partial charge in [-0.3, -0.25) is 4.79 Å². The van der Waals surface area contributed by atoms with E-state index in [4.69, 9.17) is 9.31 Å². The molecule has 29 heavy (non-hydrogen) atoms. The molecule has 1 aromatic carbocycles. The van der Waals surface area contributed by atoms with Crippen LogP contribution in [0.15, 0.2) is 29.7 Å². The lowest BCUT2D eigenvalue weighted by atomic mass is 9.78. The first kappa shape index (κ1) is 22.6. The van der Waals surface area contributed by atoms with Gasteiger partial charge >= 0.3 is 7.12 Å². The summed E-state index contributed by atoms with van der Waals surface area (Å²) in [5.41, 5.74) is 1.26. The number of nitrogens with one attached hydrogen (secondary N) is 1. The summed E-state index contributed by atoms with van der Waals surface area (Å²) in [7, 11) is -0.486. The van der Waals surface area contributed by atoms with E-state index in [1.807, 2.05) is 58.0 Å². The Kier molecular flexibility index (Phi) is 6.66. The summed E-state index contributed by atoms with van der Waals surface area (Å²) in [4.78, 5) is 11.5. The number of rotatable bonds is 5. The Morgan fingerprint density at radius 3 is 2.21 bits per heavy atom. The van der Waals surface area contributed by atoms with Crippen LogP contribution in [0.4, 0.5) is 0 Å². The van der Waals surface area contributed by atoms with Crippen LogP contribution in [-0.4, -0.2) is 47.4 Å². The summed E-state index contributed by atoms with van der Waals surface area (Å²) in [6.07, 6.45) is 3.47. The van der Waals surface area contributed by atoms with Crippen molar-refractivity contribution in [2.75, 3.05) is 18.8 Å². The number of thioether (sulfide) groups is 1. The Morgan fingerprint density at radius 2 is 1.69 bits per heavy atom. The van der Waals surface area contributed by atoms with E-state index in [-0.39, 0.29) is 5.12 Å². The molecule has 0 amide bonds. The maximum absolute atomic E-state index is 11.5. The van der Waals surface area contributed by atoms with Crippen LogP contribution in [-0.2, 0) is 19.7 Å². The van der Waals surface area contributed by atoms with E-state index in [2.05, 4.69) is 5.32 Å². The molecule has 0 spiro atoms. The van der Waals surface area contributed by atoms with Crippen molar-refractivity contribution in [3.05, 3.63) is 40.9 Å². The lowest BCUT2D eigenvalue weighted by molar-refractivity contribution is -0.109. The average Bonchev–Trinajstić information content (AvgIpc) is 2.87. The van der Waals surface area contributed by atoms with Gasteiger partial charge in [0.05, 0.1) is 16.8 Å². The molecular formula is C22H32BNO4S. The van der Waals surface area contributed by atoms with Crippen LogP contribution in [0.2, 0.25) is 0 Å². The fraction of sp³-hybridized carbons (Fsp3) is 0.591. The monoisotopic (exact) mass is 417 g/mol. The van der Waals surface area contributed by atoms with Gasteiger partial charge in [-0.1, -0.05) is 42.1 Å². The molecule has 0 radical (unpaired) electrons. The highest BCUT2D eigenvalue weighted by Crippen LogP contribution is 2.39. The maximum Gasteiger partial charge on any atom is 0.491 e. The van der Waals surface area contributed by atoms with Crippen molar-refractivity contribution < 1.29 is 19.2 Å². The SMILES string of the molecule is CC(=O)SCC(=Cc1ccc(C2(O)CCNCC2)cc1)B1OC(C)(C)C(C)(C)O1. The summed E-state index contributed by atoms with van der Waals surface area (Å²) >= 11 is 1.26. The molecule has 2 fully saturated rings. The Hall–Kier alpha value is -1.12. The zero-order valence-electron chi connectivity index (χ0n) is 18.1. The number of piperidine rings is 1. The van der Waals surface area contributed by atoms with Gasteiger partial charge in [0, 0.05) is 12.7 Å². The van der Waals surface area contributed by atoms with Gasteiger partial charge in [0.2, 0.25) is 0 Å². The van der Waals surface area contributed by atoms with Crippen LogP contribution in [0, 0.1) is 0 Å². The van der Waals surface area contributed by atoms with Gasteiger partial charge in [0.25, 0.3) is 0 Å². The smallest absolute Gasteiger partial charge is 0.400 e. The number of carbonyl (C=O) groups excluding carboxylic acids is 1. The van der Waals surface area contributed by atoms with Gasteiger partial charge in [0.15, 0.2) is 5.12 Å². The Bertz CT molecular complexity index is 754. The lowest BCUT2D eigenvalue weighted by Gasteiger charge is -2.33. The van der Waals surface area contributed by atoms with Crippen LogP contribution in [0.1, 0.15) is 58.6 Å². The van der Waals surface area contributed by atoms with Crippen molar-refractivity contribution >= 4 is 30.1 Å². The molecule has 0 bridgehead atoms. The average molecular weight is 417 g/mol. The van der Waals surface area contributed by atoms with Crippen LogP contribution >= 0.6 is 11.8 Å². The zero-order valence-corrected chi connectivity index (χ0v) is 18.9. The first-order valence-corrected chi connectivity index (χ1v) is 11.2. The summed E-state index contributed by atoms with van der Waals surface area (Å²) in [6.45, 7) is 11.3. The van der Waals surface area contributed by atoms with E-state index < -0.39 is 23.9 Å². The normalized spacial score (nSPS) is 23.2. The van der Waals surface area contributed by atoms with Crippen molar-refractivity contribution in [3.63, 3.8) is 0 Å². The standard InChI is InChI=1S/C22H32BNO4S/c1-16(25)29-15-19(23-27-20(2,3)21(4,5)28-23)14-17-6-8-18(9-7-17)22(26)10-12-24-13-11-22/h6-9,14,24,26H,10-13,15H2,1-5H3. The molecule has 0 saturated carbocycles. The van der Waals surface area contributed by atoms with E-state index in [0.29, 0.717) is 5.75 Å². The molecule has 2 aliphatic heterocycles. The Balaban J connectivity index is 1.83. The van der Waals surface area contributed by atoms with E-state index in [1.54, 1.807) is 6.92 Å². The third-order valence-electron chi connectivity index (χ3n) is 6.23. The topological polar surface area (TPSA) is 67.8 Å². The second-order valence-electron chi connectivity index (χ2n) is 8.99. The van der Waals surface area contributed by atoms with Gasteiger partial charge in [-0.15, -0.1) is 0 Å². The highest BCUT2D eigenvalue weighted by Gasteiger charge is 2.52. The first-order chi connectivity index (χ1) is 13.5. The van der Waals surface area contributed by atoms with Gasteiger partial charge < -0.3 is 19.7 Å². The zero-order chi connectivity index (χ0) is 21.3. The van der Waals surface area contributed by atoms with Crippen molar-refractivity contribution in [3.8, 4) is 0 Å². The molecule has 2 N–H and O–H groups in total. The van der Waals surface area contributed by atoms with Crippen LogP contribution in [0.25, 0.3) is 6.08 Å². The number of hydrogen-bond donors (Lipinski definition) is 2. The van der Waals surface area contributed by atoms with E-state index in [1.165, 1.54) is 11.8 Å². The molecule has 0 aromatic heterocycles. The van der Waals surface area contributed by atoms with Crippen LogP contribution in [0.5, 0.6) is 0 Å². The molecule has 1 aromatic rings. The summed E-state index contributed by atoms with van der Waals surface area (Å²) in [5.74, 6) is 0.517. The minimum atomic E-state index is -0.757. The van der Waals surface area contributed by atoms with E-state index in [9.17, 15) is 9.90 Å². The van der Waals surface area contributed by atoms with Gasteiger partial charge in [-0.25, -0.2) is 0 Å². The minimum Gasteiger partial charge on any atom is -0.400 e. The third-order valence-corrected chi connectivity index (χ3v) is 7.11. The Labute approximate surface area is 178 Å². The summed E-state index contributed by atoms with van der Waals surface area (Å²) < 4.78 is 12.4. The van der Waals surface area contributed by atoms with Gasteiger partial charge in [-0.05, 0) is 70.2 Å². The van der Waals surface area contributed by atoms with Gasteiger partial charge in [-0.2, -0.15) is 0 Å². The minimum absolute atomic E-state index is 0.0656. The number of carbonyl (C=O) groups is 1. The molecule has 3 rings (SSSR count). The largest absolute Gasteiger partial charge is 0.491 e. The summed E-state index contributed by atoms with van der Waals surface area (Å²) in [6, 6.07) is 8.02. The van der Waals surface area contributed by atoms with E-state index >= 15 is 0 Å². The summed E-state index contributed by atoms with van der Waals surface area (Å²) in [5, 5.41) is 14.3. The predicted molar refractivity (Wildman–Crippen MR) is 120 cm³/mol. The highest BCUT2D eigenvalue weighted by atomic mass is 32.2. The molecule has 2 heterocycles. The predicted octanol–water partition coefficient (Wildman–Crippen LogP) is 3.55. The molecule has 2 saturated heterocycles. The number of aliphatic hydroxyl groups is 1. The highest BCUT2D eigenvalue weighted by molar-refractivity contribution is 8.13. The molecule has 0 atom stereocenters. The van der Waals surface area contributed by atoms with Gasteiger partial charge in [0.1, 0.15) is 0 Å². The molecule has 5 nitrogen and oxygen atoms in total. The molecule has 0 unspecified atom stereocenters. The van der Waals surface area contributed by atoms with Crippen molar-refractivity contribution in [2.24, 2.45) is 0 Å². The van der Waals surface area contributed by atoms with Crippen LogP contribution in [0.3, 0.4) is 0 Å². The second kappa shape index (κ2) is 8.56. The molecule has 7 heteroatoms. The molecular weight excluding hydrogens is 385 g/mol. The molecule has 0 aliphatic carbocycles. The van der Waals surface area contributed by atoms with Crippen molar-refractivity contribution in [1.82, 2.24) is 5.32 Å². The van der Waals surface area contributed by atoms with Crippen molar-refractivity contribution in [1.29, 1.82) is 0 Å². The third kappa shape index (κ3) is 5.15. The number of hydrogen-bond acceptors (Lipinski definition) is 6. The van der Waals surface area contributed by atoms with Crippen LogP contribution < -0.4 is 5.32 Å². The Morgan fingerprint density at radius 1 is 1.14 bits per heavy atom. The fourth-order valence-corrected chi connectivity index (χ4v) is 4.18. The van der Waals surface area contributed by atoms with E-state index in [0.717, 1.165) is 42.5 Å². The molecule has 158 valence electrons. The first-order valence-electron chi connectivity index (χ1n) is 10.3. The number of benzene rings is 1. The molecule has 2 aliphatic rings. The lowest BCUT2D eigenvalue weighted by Crippen LogP contribution is -2.41. The fourth-order valence-electron chi connectivity index (χ4n) is 3.59. The quantitative estimate of drug-likeness (QED) is 0.715. The maximum atomic E-state index is 11.5. The second-order valence-corrected chi connectivity index (χ2v) is 10.1. The van der Waals surface area contributed by atoms with Crippen molar-refractivity contribution in [2.45, 2.75) is 64.3 Å².